The summed E-state index contributed by atoms with van der Waals surface area (Å²) >= 11 is 0. The molecule has 1 aliphatic heterocycles. The van der Waals surface area contributed by atoms with E-state index in [1.165, 1.54) is 0 Å². The number of hydrogen-bond donors (Lipinski definition) is 0. The molecule has 1 heterocycles. The highest BCUT2D eigenvalue weighted by Crippen LogP contribution is 2.50. The van der Waals surface area contributed by atoms with Crippen molar-refractivity contribution in [3.8, 4) is 23.0 Å². The summed E-state index contributed by atoms with van der Waals surface area (Å²) in [5, 5.41) is 0. The molecule has 2 aromatic carbocycles. The Bertz CT molecular complexity index is 906. The molecule has 0 N–H and O–H groups in total. The van der Waals surface area contributed by atoms with Crippen molar-refractivity contribution in [1.82, 2.24) is 0 Å². The average molecular weight is 384 g/mol. The van der Waals surface area contributed by atoms with Crippen LogP contribution in [0.3, 0.4) is 0 Å². The maximum atomic E-state index is 12.4. The van der Waals surface area contributed by atoms with Gasteiger partial charge in [0.05, 0.1) is 41.0 Å². The number of fused-ring (bicyclic) bond motifs is 2. The Morgan fingerprint density at radius 2 is 1.50 bits per heavy atom. The van der Waals surface area contributed by atoms with E-state index in [9.17, 15) is 4.79 Å². The van der Waals surface area contributed by atoms with Gasteiger partial charge in [-0.15, -0.1) is 0 Å². The van der Waals surface area contributed by atoms with Crippen molar-refractivity contribution < 1.29 is 28.5 Å². The van der Waals surface area contributed by atoms with Crippen molar-refractivity contribution in [2.45, 2.75) is 12.3 Å². The van der Waals surface area contributed by atoms with E-state index >= 15 is 0 Å². The molecule has 1 saturated heterocycles. The molecule has 0 spiro atoms. The molecule has 6 heteroatoms. The van der Waals surface area contributed by atoms with Gasteiger partial charge < -0.3 is 23.7 Å². The highest BCUT2D eigenvalue weighted by atomic mass is 16.5. The summed E-state index contributed by atoms with van der Waals surface area (Å²) in [7, 11) is 6.48. The first-order valence-electron chi connectivity index (χ1n) is 9.24. The van der Waals surface area contributed by atoms with Crippen LogP contribution in [0.1, 0.15) is 22.6 Å². The lowest BCUT2D eigenvalue weighted by atomic mass is 9.67. The summed E-state index contributed by atoms with van der Waals surface area (Å²) < 4.78 is 27.3. The first-order valence-corrected chi connectivity index (χ1v) is 9.24. The van der Waals surface area contributed by atoms with Gasteiger partial charge >= 0.3 is 5.97 Å². The van der Waals surface area contributed by atoms with Gasteiger partial charge in [0.1, 0.15) is 0 Å². The van der Waals surface area contributed by atoms with E-state index in [1.807, 2.05) is 30.3 Å². The van der Waals surface area contributed by atoms with Crippen molar-refractivity contribution in [3.63, 3.8) is 0 Å². The number of rotatable bonds is 5. The first-order chi connectivity index (χ1) is 13.6. The Morgan fingerprint density at radius 1 is 0.857 bits per heavy atom. The Balaban J connectivity index is 1.89. The molecular formula is C22H24O6. The fourth-order valence-electron chi connectivity index (χ4n) is 4.48. The van der Waals surface area contributed by atoms with E-state index in [0.29, 0.717) is 36.0 Å². The zero-order valence-corrected chi connectivity index (χ0v) is 16.5. The Labute approximate surface area is 164 Å². The molecular weight excluding hydrogens is 360 g/mol. The van der Waals surface area contributed by atoms with Gasteiger partial charge in [0.25, 0.3) is 0 Å². The Hall–Kier alpha value is -2.89. The predicted molar refractivity (Wildman–Crippen MR) is 103 cm³/mol. The molecule has 4 rings (SSSR count). The van der Waals surface area contributed by atoms with Crippen molar-refractivity contribution in [2.24, 2.45) is 11.8 Å². The highest BCUT2D eigenvalue weighted by Gasteiger charge is 2.47. The van der Waals surface area contributed by atoms with E-state index in [0.717, 1.165) is 16.7 Å². The molecule has 0 radical (unpaired) electrons. The molecule has 0 aromatic heterocycles. The number of carbonyl (C=O) groups is 1. The minimum atomic E-state index is -0.163. The fraction of sp³-hybridized carbons (Fsp3) is 0.409. The summed E-state index contributed by atoms with van der Waals surface area (Å²) in [6, 6.07) is 9.90. The monoisotopic (exact) mass is 384 g/mol. The van der Waals surface area contributed by atoms with Gasteiger partial charge in [0.15, 0.2) is 23.0 Å². The van der Waals surface area contributed by atoms with E-state index in [1.54, 1.807) is 28.4 Å². The van der Waals surface area contributed by atoms with Gasteiger partial charge in [0, 0.05) is 11.8 Å². The normalized spacial score (nSPS) is 22.7. The molecule has 1 fully saturated rings. The standard InChI is InChI=1S/C22H24O6/c1-24-17-6-5-12(8-18(17)25-2)21-14-10-20(27-4)19(26-3)9-13(14)7-15-16(21)11-28-22(15)23/h5-6,8-10,15-16,21H,7,11H2,1-4H3/t15-,16-,21-/m0/s1. The number of ether oxygens (including phenoxy) is 5. The molecule has 0 amide bonds. The molecule has 148 valence electrons. The average Bonchev–Trinajstić information content (AvgIpc) is 3.10. The van der Waals surface area contributed by atoms with Crippen LogP contribution in [0.2, 0.25) is 0 Å². The van der Waals surface area contributed by atoms with Crippen LogP contribution in [0.25, 0.3) is 0 Å². The van der Waals surface area contributed by atoms with Crippen LogP contribution in [0.5, 0.6) is 23.0 Å². The lowest BCUT2D eigenvalue weighted by molar-refractivity contribution is -0.141. The number of cyclic esters (lactones) is 1. The number of carbonyl (C=O) groups excluding carboxylic acids is 1. The molecule has 3 atom stereocenters. The second kappa shape index (κ2) is 7.26. The Kier molecular flexibility index (Phi) is 4.79. The van der Waals surface area contributed by atoms with Crippen LogP contribution < -0.4 is 18.9 Å². The highest BCUT2D eigenvalue weighted by molar-refractivity contribution is 5.77. The molecule has 0 unspecified atom stereocenters. The molecule has 6 nitrogen and oxygen atoms in total. The minimum Gasteiger partial charge on any atom is -0.493 e. The van der Waals surface area contributed by atoms with E-state index in [4.69, 9.17) is 23.7 Å². The molecule has 2 aliphatic rings. The zero-order chi connectivity index (χ0) is 19.8. The topological polar surface area (TPSA) is 63.2 Å². The summed E-state index contributed by atoms with van der Waals surface area (Å²) in [5.41, 5.74) is 3.26. The lowest BCUT2D eigenvalue weighted by Gasteiger charge is -2.34. The van der Waals surface area contributed by atoms with Crippen LogP contribution in [0.15, 0.2) is 30.3 Å². The summed E-state index contributed by atoms with van der Waals surface area (Å²) in [6.07, 6.45) is 0.642. The number of hydrogen-bond acceptors (Lipinski definition) is 6. The summed E-state index contributed by atoms with van der Waals surface area (Å²) in [6.45, 7) is 0.413. The van der Waals surface area contributed by atoms with Crippen molar-refractivity contribution in [3.05, 3.63) is 47.0 Å². The maximum absolute atomic E-state index is 12.4. The van der Waals surface area contributed by atoms with Crippen LogP contribution in [-0.4, -0.2) is 41.0 Å². The third kappa shape index (κ3) is 2.84. The third-order valence-corrected chi connectivity index (χ3v) is 5.85. The van der Waals surface area contributed by atoms with Gasteiger partial charge in [0.2, 0.25) is 0 Å². The molecule has 1 aliphatic carbocycles. The molecule has 0 saturated carbocycles. The largest absolute Gasteiger partial charge is 0.493 e. The predicted octanol–water partition coefficient (Wildman–Crippen LogP) is 3.20. The molecule has 0 bridgehead atoms. The van der Waals surface area contributed by atoms with Crippen molar-refractivity contribution in [2.75, 3.05) is 35.0 Å². The number of esters is 1. The SMILES string of the molecule is COc1ccc([C@H]2c3cc(OC)c(OC)cc3C[C@@H]3C(=O)OC[C@H]23)cc1OC. The van der Waals surface area contributed by atoms with Gasteiger partial charge in [-0.2, -0.15) is 0 Å². The van der Waals surface area contributed by atoms with Crippen LogP contribution in [0, 0.1) is 11.8 Å². The van der Waals surface area contributed by atoms with E-state index < -0.39 is 0 Å². The summed E-state index contributed by atoms with van der Waals surface area (Å²) in [5.74, 6) is 2.43. The van der Waals surface area contributed by atoms with Gasteiger partial charge in [-0.25, -0.2) is 0 Å². The van der Waals surface area contributed by atoms with E-state index in [2.05, 4.69) is 0 Å². The second-order valence-corrected chi connectivity index (χ2v) is 7.10. The van der Waals surface area contributed by atoms with Gasteiger partial charge in [-0.3, -0.25) is 4.79 Å². The van der Waals surface area contributed by atoms with Gasteiger partial charge in [-0.1, -0.05) is 6.07 Å². The molecule has 28 heavy (non-hydrogen) atoms. The van der Waals surface area contributed by atoms with Crippen molar-refractivity contribution in [1.29, 1.82) is 0 Å². The molecule has 2 aromatic rings. The second-order valence-electron chi connectivity index (χ2n) is 7.10. The Morgan fingerprint density at radius 3 is 2.18 bits per heavy atom. The zero-order valence-electron chi connectivity index (χ0n) is 16.5. The maximum Gasteiger partial charge on any atom is 0.309 e. The number of benzene rings is 2. The van der Waals surface area contributed by atoms with Crippen molar-refractivity contribution >= 4 is 5.97 Å². The number of methoxy groups -OCH3 is 4. The lowest BCUT2D eigenvalue weighted by Crippen LogP contribution is -2.31. The quantitative estimate of drug-likeness (QED) is 0.738. The first kappa shape index (κ1) is 18.5. The smallest absolute Gasteiger partial charge is 0.309 e. The van der Waals surface area contributed by atoms with E-state index in [-0.39, 0.29) is 23.7 Å². The third-order valence-electron chi connectivity index (χ3n) is 5.85. The van der Waals surface area contributed by atoms with Crippen LogP contribution in [-0.2, 0) is 16.0 Å². The fourth-order valence-corrected chi connectivity index (χ4v) is 4.48. The van der Waals surface area contributed by atoms with Crippen LogP contribution >= 0.6 is 0 Å². The van der Waals surface area contributed by atoms with Crippen LogP contribution in [0.4, 0.5) is 0 Å². The summed E-state index contributed by atoms with van der Waals surface area (Å²) in [4.78, 5) is 12.4. The minimum absolute atomic E-state index is 0.0141. The van der Waals surface area contributed by atoms with Gasteiger partial charge in [-0.05, 0) is 47.4 Å².